The van der Waals surface area contributed by atoms with Gasteiger partial charge >= 0.3 is 12.2 Å². The summed E-state index contributed by atoms with van der Waals surface area (Å²) in [5, 5.41) is 12.4. The molecule has 0 saturated carbocycles. The van der Waals surface area contributed by atoms with Crippen LogP contribution in [0.25, 0.3) is 33.6 Å². The van der Waals surface area contributed by atoms with Gasteiger partial charge in [-0.1, -0.05) is 54.6 Å². The fourth-order valence-electron chi connectivity index (χ4n) is 7.93. The SMILES string of the molecule is COC(=O)N[C@H](C(=O)N1CCCC1c1ncc(-c2ccc(-c3ccc(-c4cnc([C@@H]5CCCN5C(=O)[C@H](Cc5ccccn5)N(C)C(=O)O)[nH]4)cc3)cc2)[nH]1)[C@@H](C)OC. The molecule has 5 aromatic rings. The highest BCUT2D eigenvalue weighted by molar-refractivity contribution is 5.87. The zero-order valence-electron chi connectivity index (χ0n) is 33.5. The van der Waals surface area contributed by atoms with Gasteiger partial charge in [-0.2, -0.15) is 0 Å². The lowest BCUT2D eigenvalue weighted by Gasteiger charge is -2.31. The Morgan fingerprint density at radius 1 is 0.797 bits per heavy atom. The molecule has 2 aromatic carbocycles. The normalized spacial score (nSPS) is 18.0. The number of imidazole rings is 2. The molecule has 4 N–H and O–H groups in total. The summed E-state index contributed by atoms with van der Waals surface area (Å²) in [5.74, 6) is 0.816. The van der Waals surface area contributed by atoms with Gasteiger partial charge in [0.15, 0.2) is 0 Å². The van der Waals surface area contributed by atoms with Crippen LogP contribution in [0.1, 0.15) is 62.0 Å². The third-order valence-corrected chi connectivity index (χ3v) is 11.4. The maximum absolute atomic E-state index is 13.9. The number of aromatic amines is 2. The minimum atomic E-state index is -1.18. The fraction of sp³-hybridized carbons (Fsp3) is 0.372. The minimum Gasteiger partial charge on any atom is -0.465 e. The number of carbonyl (C=O) groups is 4. The number of amides is 4. The first-order valence-electron chi connectivity index (χ1n) is 19.7. The summed E-state index contributed by atoms with van der Waals surface area (Å²) >= 11 is 0. The average Bonchev–Trinajstić information content (AvgIpc) is 4.11. The molecule has 5 heterocycles. The van der Waals surface area contributed by atoms with Gasteiger partial charge in [-0.15, -0.1) is 0 Å². The lowest BCUT2D eigenvalue weighted by atomic mass is 10.0. The number of carbonyl (C=O) groups excluding carboxylic acids is 3. The Bertz CT molecular complexity index is 2240. The van der Waals surface area contributed by atoms with E-state index in [4.69, 9.17) is 9.47 Å². The number of carboxylic acid groups (broad SMARTS) is 1. The summed E-state index contributed by atoms with van der Waals surface area (Å²) in [6, 6.07) is 19.3. The molecule has 59 heavy (non-hydrogen) atoms. The number of alkyl carbamates (subject to hydrolysis) is 1. The summed E-state index contributed by atoms with van der Waals surface area (Å²) in [7, 11) is 4.17. The largest absolute Gasteiger partial charge is 0.465 e. The Balaban J connectivity index is 1.01. The van der Waals surface area contributed by atoms with Crippen LogP contribution in [-0.2, 0) is 25.5 Å². The third kappa shape index (κ3) is 8.82. The van der Waals surface area contributed by atoms with Gasteiger partial charge in [0.1, 0.15) is 23.7 Å². The number of hydrogen-bond acceptors (Lipinski definition) is 9. The van der Waals surface area contributed by atoms with E-state index in [1.807, 2.05) is 54.6 Å². The van der Waals surface area contributed by atoms with Crippen LogP contribution in [0.5, 0.6) is 0 Å². The second-order valence-electron chi connectivity index (χ2n) is 14.9. The van der Waals surface area contributed by atoms with Crippen molar-refractivity contribution in [3.63, 3.8) is 0 Å². The van der Waals surface area contributed by atoms with Crippen LogP contribution >= 0.6 is 0 Å². The molecule has 4 amide bonds. The summed E-state index contributed by atoms with van der Waals surface area (Å²) in [4.78, 5) is 76.6. The first-order chi connectivity index (χ1) is 28.6. The molecule has 308 valence electrons. The van der Waals surface area contributed by atoms with Gasteiger partial charge in [0.25, 0.3) is 0 Å². The maximum atomic E-state index is 13.9. The first kappa shape index (κ1) is 40.6. The van der Waals surface area contributed by atoms with Gasteiger partial charge in [0.2, 0.25) is 11.8 Å². The highest BCUT2D eigenvalue weighted by Gasteiger charge is 2.40. The number of nitrogens with one attached hydrogen (secondary N) is 3. The molecule has 16 nitrogen and oxygen atoms in total. The Hall–Kier alpha value is -6.55. The topological polar surface area (TPSA) is 199 Å². The van der Waals surface area contributed by atoms with Crippen LogP contribution < -0.4 is 5.32 Å². The lowest BCUT2D eigenvalue weighted by molar-refractivity contribution is -0.138. The second-order valence-corrected chi connectivity index (χ2v) is 14.9. The van der Waals surface area contributed by atoms with E-state index < -0.39 is 30.4 Å². The van der Waals surface area contributed by atoms with Crippen molar-refractivity contribution in [3.8, 4) is 33.6 Å². The van der Waals surface area contributed by atoms with Crippen LogP contribution in [0.3, 0.4) is 0 Å². The molecule has 0 spiro atoms. The van der Waals surface area contributed by atoms with Gasteiger partial charge in [0, 0.05) is 45.6 Å². The first-order valence-corrected chi connectivity index (χ1v) is 19.7. The zero-order chi connectivity index (χ0) is 41.6. The third-order valence-electron chi connectivity index (χ3n) is 11.4. The molecule has 0 radical (unpaired) electrons. The number of ether oxygens (including phenoxy) is 2. The summed E-state index contributed by atoms with van der Waals surface area (Å²) in [5.41, 5.74) is 6.22. The molecule has 1 unspecified atom stereocenters. The van der Waals surface area contributed by atoms with Gasteiger partial charge in [-0.3, -0.25) is 19.5 Å². The number of rotatable bonds is 13. The number of pyridine rings is 1. The van der Waals surface area contributed by atoms with E-state index in [9.17, 15) is 24.3 Å². The molecule has 7 rings (SSSR count). The van der Waals surface area contributed by atoms with Crippen LogP contribution in [-0.4, -0.2) is 121 Å². The van der Waals surface area contributed by atoms with Crippen LogP contribution in [0.4, 0.5) is 9.59 Å². The number of H-pyrrole nitrogens is 2. The molecule has 0 aliphatic carbocycles. The Morgan fingerprint density at radius 3 is 1.80 bits per heavy atom. The van der Waals surface area contributed by atoms with Crippen molar-refractivity contribution in [1.29, 1.82) is 0 Å². The Labute approximate surface area is 342 Å². The quantitative estimate of drug-likeness (QED) is 0.112. The molecule has 2 fully saturated rings. The van der Waals surface area contributed by atoms with E-state index in [1.165, 1.54) is 21.3 Å². The number of methoxy groups -OCH3 is 2. The van der Waals surface area contributed by atoms with Gasteiger partial charge < -0.3 is 39.7 Å². The Kier molecular flexibility index (Phi) is 12.4. The predicted octanol–water partition coefficient (Wildman–Crippen LogP) is 5.84. The maximum Gasteiger partial charge on any atom is 0.407 e. The summed E-state index contributed by atoms with van der Waals surface area (Å²) < 4.78 is 10.1. The molecule has 5 atom stereocenters. The molecular weight excluding hydrogens is 755 g/mol. The van der Waals surface area contributed by atoms with E-state index in [1.54, 1.807) is 47.4 Å². The molecule has 0 bridgehead atoms. The van der Waals surface area contributed by atoms with Crippen molar-refractivity contribution in [3.05, 3.63) is 103 Å². The van der Waals surface area contributed by atoms with Gasteiger partial charge in [-0.25, -0.2) is 19.6 Å². The summed E-state index contributed by atoms with van der Waals surface area (Å²) in [6.07, 6.45) is 5.94. The van der Waals surface area contributed by atoms with E-state index in [2.05, 4.69) is 30.2 Å². The van der Waals surface area contributed by atoms with Crippen molar-refractivity contribution in [2.75, 3.05) is 34.4 Å². The van der Waals surface area contributed by atoms with Crippen LogP contribution in [0, 0.1) is 0 Å². The van der Waals surface area contributed by atoms with Gasteiger partial charge in [0.05, 0.1) is 49.1 Å². The number of likely N-dealkylation sites (N-methyl/N-ethyl adjacent to an activating group) is 1. The summed E-state index contributed by atoms with van der Waals surface area (Å²) in [6.45, 7) is 2.77. The minimum absolute atomic E-state index is 0.173. The smallest absolute Gasteiger partial charge is 0.407 e. The molecular formula is C43H49N9O7. The van der Waals surface area contributed by atoms with Crippen molar-refractivity contribution < 1.29 is 33.8 Å². The van der Waals surface area contributed by atoms with E-state index in [-0.39, 0.29) is 30.3 Å². The molecule has 2 aliphatic heterocycles. The highest BCUT2D eigenvalue weighted by atomic mass is 16.5. The number of hydrogen-bond donors (Lipinski definition) is 4. The van der Waals surface area contributed by atoms with E-state index >= 15 is 0 Å². The Morgan fingerprint density at radius 2 is 1.32 bits per heavy atom. The number of aromatic nitrogens is 5. The standard InChI is InChI=1S/C43H49N9O7/c1-26(58-3)37(49-42(55)59-4)41(54)52-22-8-11-35(52)39-46-25-33(48-39)30-18-14-28(15-19-30)27-12-16-29(17-13-27)32-24-45-38(47-32)34-10-7-21-51(34)40(53)36(50(2)43(56)57)23-31-9-5-6-20-44-31/h5-6,9,12-20,24-26,34-37H,7-8,10-11,21-23H2,1-4H3,(H,45,47)(H,46,48)(H,49,55)(H,56,57)/t26-,34+,35?,36+,37+/m1/s1. The average molecular weight is 804 g/mol. The number of benzene rings is 2. The predicted molar refractivity (Wildman–Crippen MR) is 218 cm³/mol. The van der Waals surface area contributed by atoms with E-state index in [0.717, 1.165) is 57.8 Å². The number of likely N-dealkylation sites (tertiary alicyclic amines) is 2. The van der Waals surface area contributed by atoms with Crippen molar-refractivity contribution >= 4 is 24.0 Å². The van der Waals surface area contributed by atoms with E-state index in [0.29, 0.717) is 36.9 Å². The highest BCUT2D eigenvalue weighted by Crippen LogP contribution is 2.35. The second kappa shape index (κ2) is 17.9. The molecule has 16 heteroatoms. The van der Waals surface area contributed by atoms with Crippen LogP contribution in [0.15, 0.2) is 85.3 Å². The lowest BCUT2D eigenvalue weighted by Crippen LogP contribution is -2.54. The molecule has 2 aliphatic rings. The van der Waals surface area contributed by atoms with Crippen LogP contribution in [0.2, 0.25) is 0 Å². The van der Waals surface area contributed by atoms with Crippen molar-refractivity contribution in [1.82, 2.24) is 44.9 Å². The molecule has 3 aromatic heterocycles. The van der Waals surface area contributed by atoms with Crippen molar-refractivity contribution in [2.45, 2.75) is 69.3 Å². The molecule has 2 saturated heterocycles. The monoisotopic (exact) mass is 803 g/mol. The number of nitrogens with zero attached hydrogens (tertiary/aromatic N) is 6. The zero-order valence-corrected chi connectivity index (χ0v) is 33.5. The fourth-order valence-corrected chi connectivity index (χ4v) is 7.93. The van der Waals surface area contributed by atoms with Crippen molar-refractivity contribution in [2.24, 2.45) is 0 Å². The van der Waals surface area contributed by atoms with Gasteiger partial charge in [-0.05, 0) is 67.0 Å².